The largest absolute Gasteiger partial charge is 0.370 e. The van der Waals surface area contributed by atoms with E-state index in [9.17, 15) is 0 Å². The first kappa shape index (κ1) is 16.7. The van der Waals surface area contributed by atoms with Crippen LogP contribution in [0.3, 0.4) is 0 Å². The molecule has 4 heteroatoms. The second-order valence-electron chi connectivity index (χ2n) is 5.93. The van der Waals surface area contributed by atoms with Crippen molar-refractivity contribution < 1.29 is 0 Å². The molecule has 0 radical (unpaired) electrons. The third kappa shape index (κ3) is 4.36. The molecule has 1 rings (SSSR count). The number of aromatic nitrogens is 2. The third-order valence-corrected chi connectivity index (χ3v) is 3.91. The van der Waals surface area contributed by atoms with Gasteiger partial charge in [0.1, 0.15) is 17.5 Å². The van der Waals surface area contributed by atoms with Gasteiger partial charge in [-0.25, -0.2) is 9.97 Å². The molecule has 1 aromatic rings. The summed E-state index contributed by atoms with van der Waals surface area (Å²) in [5.74, 6) is 2.88. The summed E-state index contributed by atoms with van der Waals surface area (Å²) < 4.78 is 0. The summed E-state index contributed by atoms with van der Waals surface area (Å²) in [6, 6.07) is 2.06. The minimum Gasteiger partial charge on any atom is -0.370 e. The third-order valence-electron chi connectivity index (χ3n) is 3.91. The van der Waals surface area contributed by atoms with E-state index in [0.717, 1.165) is 49.7 Å². The van der Waals surface area contributed by atoms with Gasteiger partial charge in [0.2, 0.25) is 0 Å². The van der Waals surface area contributed by atoms with Gasteiger partial charge in [0.25, 0.3) is 0 Å². The predicted octanol–water partition coefficient (Wildman–Crippen LogP) is 3.88. The van der Waals surface area contributed by atoms with Crippen molar-refractivity contribution in [3.63, 3.8) is 0 Å². The molecule has 0 amide bonds. The highest BCUT2D eigenvalue weighted by Gasteiger charge is 2.23. The number of nitrogens with one attached hydrogen (secondary N) is 1. The van der Waals surface area contributed by atoms with E-state index in [-0.39, 0.29) is 5.54 Å². The first-order valence-corrected chi connectivity index (χ1v) is 7.80. The Bertz CT molecular complexity index is 415. The topological polar surface area (TPSA) is 41.0 Å². The summed E-state index contributed by atoms with van der Waals surface area (Å²) in [6.45, 7) is 12.0. The minimum atomic E-state index is 0.0971. The Hall–Kier alpha value is -1.32. The molecule has 1 N–H and O–H groups in total. The lowest BCUT2D eigenvalue weighted by molar-refractivity contribution is 0.466. The molecule has 0 saturated heterocycles. The average Bonchev–Trinajstić information content (AvgIpc) is 2.44. The summed E-state index contributed by atoms with van der Waals surface area (Å²) in [7, 11) is 2.12. The Kier molecular flexibility index (Phi) is 6.24. The monoisotopic (exact) mass is 278 g/mol. The fourth-order valence-corrected chi connectivity index (χ4v) is 1.88. The lowest BCUT2D eigenvalue weighted by atomic mass is 10.00. The van der Waals surface area contributed by atoms with Crippen molar-refractivity contribution in [2.45, 2.75) is 65.8 Å². The molecular weight excluding hydrogens is 248 g/mol. The summed E-state index contributed by atoms with van der Waals surface area (Å²) in [5, 5.41) is 3.38. The van der Waals surface area contributed by atoms with Crippen molar-refractivity contribution in [2.24, 2.45) is 0 Å². The first-order valence-electron chi connectivity index (χ1n) is 7.80. The van der Waals surface area contributed by atoms with Crippen LogP contribution in [0.1, 0.15) is 59.7 Å². The molecule has 0 fully saturated rings. The summed E-state index contributed by atoms with van der Waals surface area (Å²) in [6.07, 6.45) is 4.17. The molecule has 1 aromatic heterocycles. The van der Waals surface area contributed by atoms with Gasteiger partial charge < -0.3 is 10.2 Å². The zero-order chi connectivity index (χ0) is 15.2. The maximum Gasteiger partial charge on any atom is 0.134 e. The van der Waals surface area contributed by atoms with E-state index in [1.807, 2.05) is 0 Å². The maximum absolute atomic E-state index is 4.72. The van der Waals surface area contributed by atoms with Crippen LogP contribution in [-0.4, -0.2) is 29.1 Å². The standard InChI is InChI=1S/C16H30N4/c1-7-10-13-18-14(17-11-8-2)12-15(19-13)20(6)16(4,5)9-3/h12H,7-11H2,1-6H3,(H,17,18,19). The molecule has 0 atom stereocenters. The van der Waals surface area contributed by atoms with Crippen molar-refractivity contribution in [3.8, 4) is 0 Å². The predicted molar refractivity (Wildman–Crippen MR) is 87.6 cm³/mol. The van der Waals surface area contributed by atoms with Gasteiger partial charge in [-0.15, -0.1) is 0 Å². The molecule has 0 aliphatic carbocycles. The molecule has 0 aromatic carbocycles. The van der Waals surface area contributed by atoms with E-state index in [2.05, 4.69) is 62.9 Å². The molecule has 0 spiro atoms. The highest BCUT2D eigenvalue weighted by atomic mass is 15.2. The van der Waals surface area contributed by atoms with Gasteiger partial charge in [0, 0.05) is 31.6 Å². The normalized spacial score (nSPS) is 11.5. The van der Waals surface area contributed by atoms with E-state index < -0.39 is 0 Å². The fourth-order valence-electron chi connectivity index (χ4n) is 1.88. The maximum atomic E-state index is 4.72. The van der Waals surface area contributed by atoms with Gasteiger partial charge in [-0.2, -0.15) is 0 Å². The second kappa shape index (κ2) is 7.46. The van der Waals surface area contributed by atoms with E-state index >= 15 is 0 Å². The van der Waals surface area contributed by atoms with E-state index in [0.29, 0.717) is 0 Å². The molecular formula is C16H30N4. The van der Waals surface area contributed by atoms with E-state index in [1.165, 1.54) is 0 Å². The van der Waals surface area contributed by atoms with Crippen LogP contribution < -0.4 is 10.2 Å². The summed E-state index contributed by atoms with van der Waals surface area (Å²) in [5.41, 5.74) is 0.0971. The van der Waals surface area contributed by atoms with Gasteiger partial charge in [-0.3, -0.25) is 0 Å². The first-order chi connectivity index (χ1) is 9.44. The van der Waals surface area contributed by atoms with Crippen LogP contribution in [0.2, 0.25) is 0 Å². The lowest BCUT2D eigenvalue weighted by Crippen LogP contribution is -2.41. The van der Waals surface area contributed by atoms with Gasteiger partial charge in [-0.05, 0) is 33.1 Å². The van der Waals surface area contributed by atoms with Gasteiger partial charge in [0.05, 0.1) is 0 Å². The van der Waals surface area contributed by atoms with Crippen molar-refractivity contribution in [2.75, 3.05) is 23.8 Å². The number of rotatable bonds is 8. The Morgan fingerprint density at radius 2 is 1.85 bits per heavy atom. The van der Waals surface area contributed by atoms with Gasteiger partial charge in [0.15, 0.2) is 0 Å². The lowest BCUT2D eigenvalue weighted by Gasteiger charge is -2.36. The molecule has 1 heterocycles. The van der Waals surface area contributed by atoms with Gasteiger partial charge >= 0.3 is 0 Å². The van der Waals surface area contributed by atoms with E-state index in [4.69, 9.17) is 4.98 Å². The number of nitrogens with zero attached hydrogens (tertiary/aromatic N) is 3. The molecule has 114 valence electrons. The molecule has 0 saturated carbocycles. The highest BCUT2D eigenvalue weighted by molar-refractivity contribution is 5.50. The van der Waals surface area contributed by atoms with Crippen LogP contribution in [0, 0.1) is 0 Å². The Labute approximate surface area is 124 Å². The van der Waals surface area contributed by atoms with Crippen LogP contribution in [0.15, 0.2) is 6.07 Å². The van der Waals surface area contributed by atoms with Crippen LogP contribution in [0.5, 0.6) is 0 Å². The number of hydrogen-bond donors (Lipinski definition) is 1. The molecule has 0 unspecified atom stereocenters. The smallest absolute Gasteiger partial charge is 0.134 e. The van der Waals surface area contributed by atoms with Crippen molar-refractivity contribution >= 4 is 11.6 Å². The highest BCUT2D eigenvalue weighted by Crippen LogP contribution is 2.25. The molecule has 4 nitrogen and oxygen atoms in total. The molecule has 20 heavy (non-hydrogen) atoms. The average molecular weight is 278 g/mol. The Balaban J connectivity index is 3.07. The minimum absolute atomic E-state index is 0.0971. The molecule has 0 aliphatic rings. The van der Waals surface area contributed by atoms with Crippen LogP contribution in [0.25, 0.3) is 0 Å². The zero-order valence-corrected chi connectivity index (χ0v) is 14.0. The molecule has 0 bridgehead atoms. The SMILES string of the molecule is CCCNc1cc(N(C)C(C)(C)CC)nc(CCC)n1. The number of anilines is 2. The van der Waals surface area contributed by atoms with Crippen molar-refractivity contribution in [1.29, 1.82) is 0 Å². The number of hydrogen-bond acceptors (Lipinski definition) is 4. The van der Waals surface area contributed by atoms with Crippen LogP contribution in [0.4, 0.5) is 11.6 Å². The number of aryl methyl sites for hydroxylation is 1. The van der Waals surface area contributed by atoms with Crippen molar-refractivity contribution in [3.05, 3.63) is 11.9 Å². The Morgan fingerprint density at radius 3 is 2.40 bits per heavy atom. The van der Waals surface area contributed by atoms with Crippen LogP contribution >= 0.6 is 0 Å². The van der Waals surface area contributed by atoms with Crippen molar-refractivity contribution in [1.82, 2.24) is 9.97 Å². The second-order valence-corrected chi connectivity index (χ2v) is 5.93. The van der Waals surface area contributed by atoms with E-state index in [1.54, 1.807) is 0 Å². The Morgan fingerprint density at radius 1 is 1.15 bits per heavy atom. The summed E-state index contributed by atoms with van der Waals surface area (Å²) >= 11 is 0. The molecule has 0 aliphatic heterocycles. The van der Waals surface area contributed by atoms with Crippen LogP contribution in [-0.2, 0) is 6.42 Å². The van der Waals surface area contributed by atoms with Gasteiger partial charge in [-0.1, -0.05) is 20.8 Å². The fraction of sp³-hybridized carbons (Fsp3) is 0.750. The quantitative estimate of drug-likeness (QED) is 0.783. The summed E-state index contributed by atoms with van der Waals surface area (Å²) in [4.78, 5) is 11.6. The zero-order valence-electron chi connectivity index (χ0n) is 14.0.